The molecule has 2 heterocycles. The smallest absolute Gasteiger partial charge is 0.147 e. The molecule has 1 saturated heterocycles. The summed E-state index contributed by atoms with van der Waals surface area (Å²) in [4.78, 5) is 13.7. The molecule has 0 spiro atoms. The van der Waals surface area contributed by atoms with Gasteiger partial charge in [0, 0.05) is 38.8 Å². The molecule has 0 unspecified atom stereocenters. The average molecular weight is 247 g/mol. The molecule has 2 aliphatic rings. The van der Waals surface area contributed by atoms with Crippen LogP contribution in [0.15, 0.2) is 12.4 Å². The molecule has 0 amide bonds. The fourth-order valence-corrected chi connectivity index (χ4v) is 2.17. The maximum Gasteiger partial charge on any atom is 0.147 e. The Bertz CT molecular complexity index is 379. The van der Waals surface area contributed by atoms with Crippen molar-refractivity contribution >= 4 is 5.82 Å². The third kappa shape index (κ3) is 2.97. The van der Waals surface area contributed by atoms with Crippen LogP contribution in [0.2, 0.25) is 0 Å². The van der Waals surface area contributed by atoms with Gasteiger partial charge in [-0.3, -0.25) is 4.98 Å². The van der Waals surface area contributed by atoms with Gasteiger partial charge in [0.25, 0.3) is 0 Å². The molecule has 18 heavy (non-hydrogen) atoms. The van der Waals surface area contributed by atoms with Gasteiger partial charge in [0.2, 0.25) is 0 Å². The first-order valence-corrected chi connectivity index (χ1v) is 6.79. The summed E-state index contributed by atoms with van der Waals surface area (Å²) in [5.74, 6) is 1.01. The zero-order valence-corrected chi connectivity index (χ0v) is 11.0. The number of rotatable bonds is 4. The van der Waals surface area contributed by atoms with Crippen LogP contribution in [0.4, 0.5) is 5.82 Å². The van der Waals surface area contributed by atoms with E-state index in [1.54, 1.807) is 0 Å². The van der Waals surface area contributed by atoms with Crippen molar-refractivity contribution in [1.29, 1.82) is 0 Å². The number of hydrogen-bond donors (Lipinski definition) is 1. The first-order chi connectivity index (χ1) is 8.81. The lowest BCUT2D eigenvalue weighted by atomic mass is 10.3. The van der Waals surface area contributed by atoms with Crippen LogP contribution in [-0.4, -0.2) is 54.1 Å². The highest BCUT2D eigenvalue weighted by Crippen LogP contribution is 2.19. The van der Waals surface area contributed by atoms with Crippen molar-refractivity contribution in [1.82, 2.24) is 20.2 Å². The molecular formula is C13H21N5. The Morgan fingerprint density at radius 2 is 1.94 bits per heavy atom. The van der Waals surface area contributed by atoms with E-state index in [1.807, 2.05) is 12.4 Å². The van der Waals surface area contributed by atoms with Gasteiger partial charge in [-0.2, -0.15) is 0 Å². The van der Waals surface area contributed by atoms with Gasteiger partial charge in [-0.05, 0) is 19.9 Å². The molecule has 5 heteroatoms. The fraction of sp³-hybridized carbons (Fsp3) is 0.692. The number of nitrogens with one attached hydrogen (secondary N) is 1. The van der Waals surface area contributed by atoms with Crippen molar-refractivity contribution < 1.29 is 0 Å². The summed E-state index contributed by atoms with van der Waals surface area (Å²) in [5.41, 5.74) is 1.04. The maximum absolute atomic E-state index is 4.53. The number of piperazine rings is 1. The van der Waals surface area contributed by atoms with Crippen molar-refractivity contribution in [2.75, 3.05) is 38.1 Å². The second kappa shape index (κ2) is 5.20. The molecule has 0 atom stereocenters. The Labute approximate surface area is 108 Å². The second-order valence-corrected chi connectivity index (χ2v) is 5.31. The first-order valence-electron chi connectivity index (χ1n) is 6.79. The predicted molar refractivity (Wildman–Crippen MR) is 71.6 cm³/mol. The summed E-state index contributed by atoms with van der Waals surface area (Å²) in [5, 5.41) is 3.45. The Morgan fingerprint density at radius 1 is 1.17 bits per heavy atom. The van der Waals surface area contributed by atoms with Gasteiger partial charge >= 0.3 is 0 Å². The van der Waals surface area contributed by atoms with Gasteiger partial charge in [-0.1, -0.05) is 0 Å². The van der Waals surface area contributed by atoms with E-state index in [0.717, 1.165) is 50.3 Å². The molecule has 1 aromatic rings. The van der Waals surface area contributed by atoms with Crippen LogP contribution in [0.1, 0.15) is 18.5 Å². The summed E-state index contributed by atoms with van der Waals surface area (Å²) in [7, 11) is 2.16. The molecule has 98 valence electrons. The van der Waals surface area contributed by atoms with Crippen LogP contribution >= 0.6 is 0 Å². The topological polar surface area (TPSA) is 44.3 Å². The van der Waals surface area contributed by atoms with E-state index < -0.39 is 0 Å². The SMILES string of the molecule is CN1CCN(c2cnc(CNC3CC3)cn2)CC1. The van der Waals surface area contributed by atoms with Gasteiger partial charge < -0.3 is 15.1 Å². The molecule has 1 aliphatic carbocycles. The fourth-order valence-electron chi connectivity index (χ4n) is 2.17. The molecule has 1 aliphatic heterocycles. The lowest BCUT2D eigenvalue weighted by Crippen LogP contribution is -2.44. The van der Waals surface area contributed by atoms with Gasteiger partial charge in [-0.25, -0.2) is 4.98 Å². The second-order valence-electron chi connectivity index (χ2n) is 5.31. The minimum absolute atomic E-state index is 0.726. The van der Waals surface area contributed by atoms with E-state index in [0.29, 0.717) is 0 Å². The highest BCUT2D eigenvalue weighted by Gasteiger charge is 2.20. The van der Waals surface area contributed by atoms with Crippen molar-refractivity contribution in [2.45, 2.75) is 25.4 Å². The molecule has 0 radical (unpaired) electrons. The van der Waals surface area contributed by atoms with Gasteiger partial charge in [0.1, 0.15) is 5.82 Å². The predicted octanol–water partition coefficient (Wildman–Crippen LogP) is 0.480. The molecule has 1 N–H and O–H groups in total. The number of nitrogens with zero attached hydrogens (tertiary/aromatic N) is 4. The number of likely N-dealkylation sites (N-methyl/N-ethyl adjacent to an activating group) is 1. The van der Waals surface area contributed by atoms with E-state index in [9.17, 15) is 0 Å². The van der Waals surface area contributed by atoms with Crippen molar-refractivity contribution in [3.63, 3.8) is 0 Å². The molecule has 1 saturated carbocycles. The highest BCUT2D eigenvalue weighted by molar-refractivity contribution is 5.36. The number of anilines is 1. The van der Waals surface area contributed by atoms with Crippen LogP contribution in [0.3, 0.4) is 0 Å². The van der Waals surface area contributed by atoms with E-state index in [4.69, 9.17) is 0 Å². The lowest BCUT2D eigenvalue weighted by Gasteiger charge is -2.32. The molecular weight excluding hydrogens is 226 g/mol. The first kappa shape index (κ1) is 11.9. The summed E-state index contributed by atoms with van der Waals surface area (Å²) < 4.78 is 0. The summed E-state index contributed by atoms with van der Waals surface area (Å²) in [6, 6.07) is 0.726. The molecule has 0 bridgehead atoms. The third-order valence-electron chi connectivity index (χ3n) is 3.67. The van der Waals surface area contributed by atoms with Crippen LogP contribution < -0.4 is 10.2 Å². The maximum atomic E-state index is 4.53. The summed E-state index contributed by atoms with van der Waals surface area (Å²) in [6.07, 6.45) is 6.44. The molecule has 2 fully saturated rings. The Hall–Kier alpha value is -1.20. The van der Waals surface area contributed by atoms with E-state index in [2.05, 4.69) is 32.1 Å². The lowest BCUT2D eigenvalue weighted by molar-refractivity contribution is 0.312. The van der Waals surface area contributed by atoms with Crippen LogP contribution in [0, 0.1) is 0 Å². The van der Waals surface area contributed by atoms with Crippen molar-refractivity contribution in [3.8, 4) is 0 Å². The number of aromatic nitrogens is 2. The quantitative estimate of drug-likeness (QED) is 0.838. The largest absolute Gasteiger partial charge is 0.353 e. The zero-order chi connectivity index (χ0) is 12.4. The van der Waals surface area contributed by atoms with Crippen molar-refractivity contribution in [3.05, 3.63) is 18.1 Å². The molecule has 3 rings (SSSR count). The zero-order valence-electron chi connectivity index (χ0n) is 11.0. The number of hydrogen-bond acceptors (Lipinski definition) is 5. The monoisotopic (exact) mass is 247 g/mol. The minimum atomic E-state index is 0.726. The van der Waals surface area contributed by atoms with Crippen LogP contribution in [0.25, 0.3) is 0 Å². The Morgan fingerprint density at radius 3 is 2.56 bits per heavy atom. The van der Waals surface area contributed by atoms with Gasteiger partial charge in [0.15, 0.2) is 0 Å². The standard InChI is InChI=1S/C13H21N5/c1-17-4-6-18(7-5-17)13-10-15-12(9-16-13)8-14-11-2-3-11/h9-11,14H,2-8H2,1H3. The summed E-state index contributed by atoms with van der Waals surface area (Å²) >= 11 is 0. The van der Waals surface area contributed by atoms with Gasteiger partial charge in [-0.15, -0.1) is 0 Å². The molecule has 5 nitrogen and oxygen atoms in total. The third-order valence-corrected chi connectivity index (χ3v) is 3.67. The summed E-state index contributed by atoms with van der Waals surface area (Å²) in [6.45, 7) is 5.15. The highest BCUT2D eigenvalue weighted by atomic mass is 15.3. The molecule has 0 aromatic carbocycles. The molecule has 1 aromatic heterocycles. The van der Waals surface area contributed by atoms with E-state index >= 15 is 0 Å². The van der Waals surface area contributed by atoms with Crippen LogP contribution in [-0.2, 0) is 6.54 Å². The van der Waals surface area contributed by atoms with E-state index in [-0.39, 0.29) is 0 Å². The minimum Gasteiger partial charge on any atom is -0.353 e. The average Bonchev–Trinajstić information content (AvgIpc) is 3.22. The Balaban J connectivity index is 1.56. The van der Waals surface area contributed by atoms with Gasteiger partial charge in [0.05, 0.1) is 18.1 Å². The Kier molecular flexibility index (Phi) is 3.43. The van der Waals surface area contributed by atoms with E-state index in [1.165, 1.54) is 12.8 Å². The van der Waals surface area contributed by atoms with Crippen LogP contribution in [0.5, 0.6) is 0 Å². The normalized spacial score (nSPS) is 21.3. The van der Waals surface area contributed by atoms with Crippen molar-refractivity contribution in [2.24, 2.45) is 0 Å².